The lowest BCUT2D eigenvalue weighted by atomic mass is 9.73. The number of halogens is 3. The number of aliphatic hydroxyl groups excluding tert-OH is 1. The minimum Gasteiger partial charge on any atom is -0.396 e. The maximum absolute atomic E-state index is 13.0. The molecule has 0 aromatic heterocycles. The number of nitrogens with zero attached hydrogens (tertiary/aromatic N) is 1. The van der Waals surface area contributed by atoms with Crippen LogP contribution in [-0.2, 0) is 0 Å². The largest absolute Gasteiger partial charge is 0.396 e. The summed E-state index contributed by atoms with van der Waals surface area (Å²) in [6.45, 7) is 7.79. The maximum atomic E-state index is 13.0. The summed E-state index contributed by atoms with van der Waals surface area (Å²) < 4.78 is 39.1. The SMILES string of the molecule is CC(C)(CO)CCCNC(=O)N1CC[C@H](C(F)(F)F)C(C)(C)C1. The standard InChI is InChI=1S/C16H29F3N2O2/c1-14(2,11-22)7-5-8-20-13(23)21-9-6-12(16(17,18)19)15(3,4)10-21/h12,22H,5-11H2,1-4H3,(H,20,23)/t12-/m0/s1. The van der Waals surface area contributed by atoms with Crippen LogP contribution < -0.4 is 5.32 Å². The van der Waals surface area contributed by atoms with E-state index in [1.54, 1.807) is 13.8 Å². The molecule has 0 spiro atoms. The molecule has 0 bridgehead atoms. The van der Waals surface area contributed by atoms with Crippen LogP contribution in [0, 0.1) is 16.7 Å². The van der Waals surface area contributed by atoms with Gasteiger partial charge in [0.1, 0.15) is 0 Å². The first-order valence-electron chi connectivity index (χ1n) is 8.09. The smallest absolute Gasteiger partial charge is 0.392 e. The molecule has 1 saturated heterocycles. The van der Waals surface area contributed by atoms with Gasteiger partial charge in [0, 0.05) is 26.2 Å². The molecule has 0 aromatic rings. The quantitative estimate of drug-likeness (QED) is 0.755. The number of urea groups is 1. The van der Waals surface area contributed by atoms with E-state index < -0.39 is 17.5 Å². The molecule has 23 heavy (non-hydrogen) atoms. The van der Waals surface area contributed by atoms with Gasteiger partial charge < -0.3 is 15.3 Å². The van der Waals surface area contributed by atoms with E-state index in [1.807, 2.05) is 13.8 Å². The molecular weight excluding hydrogens is 309 g/mol. The van der Waals surface area contributed by atoms with E-state index in [4.69, 9.17) is 5.11 Å². The molecular formula is C16H29F3N2O2. The molecule has 4 nitrogen and oxygen atoms in total. The Morgan fingerprint density at radius 1 is 1.35 bits per heavy atom. The van der Waals surface area contributed by atoms with Gasteiger partial charge in [-0.25, -0.2) is 4.79 Å². The number of alkyl halides is 3. The van der Waals surface area contributed by atoms with Crippen molar-refractivity contribution in [1.29, 1.82) is 0 Å². The highest BCUT2D eigenvalue weighted by Gasteiger charge is 2.51. The van der Waals surface area contributed by atoms with Gasteiger partial charge in [-0.1, -0.05) is 27.7 Å². The van der Waals surface area contributed by atoms with Crippen LogP contribution in [0.3, 0.4) is 0 Å². The summed E-state index contributed by atoms with van der Waals surface area (Å²) in [5.41, 5.74) is -1.16. The summed E-state index contributed by atoms with van der Waals surface area (Å²) in [5, 5.41) is 11.9. The van der Waals surface area contributed by atoms with Gasteiger partial charge in [0.25, 0.3) is 0 Å². The number of piperidine rings is 1. The van der Waals surface area contributed by atoms with Crippen LogP contribution in [0.15, 0.2) is 0 Å². The third kappa shape index (κ3) is 5.86. The molecule has 1 aliphatic heterocycles. The van der Waals surface area contributed by atoms with Crippen LogP contribution in [-0.4, -0.2) is 48.5 Å². The predicted molar refractivity (Wildman–Crippen MR) is 83.0 cm³/mol. The molecule has 0 unspecified atom stereocenters. The van der Waals surface area contributed by atoms with E-state index in [0.29, 0.717) is 6.54 Å². The molecule has 2 N–H and O–H groups in total. The zero-order chi connectivity index (χ0) is 17.9. The first-order valence-corrected chi connectivity index (χ1v) is 8.09. The highest BCUT2D eigenvalue weighted by atomic mass is 19.4. The normalized spacial score (nSPS) is 22.1. The highest BCUT2D eigenvalue weighted by Crippen LogP contribution is 2.44. The first kappa shape index (κ1) is 20.1. The number of amides is 2. The van der Waals surface area contributed by atoms with E-state index in [-0.39, 0.29) is 37.6 Å². The molecule has 2 amide bonds. The van der Waals surface area contributed by atoms with E-state index in [1.165, 1.54) is 4.90 Å². The summed E-state index contributed by atoms with van der Waals surface area (Å²) in [4.78, 5) is 13.6. The van der Waals surface area contributed by atoms with Gasteiger partial charge in [-0.3, -0.25) is 0 Å². The zero-order valence-electron chi connectivity index (χ0n) is 14.5. The number of carbonyl (C=O) groups is 1. The Morgan fingerprint density at radius 2 is 1.96 bits per heavy atom. The molecule has 136 valence electrons. The van der Waals surface area contributed by atoms with Crippen LogP contribution in [0.5, 0.6) is 0 Å². The number of carbonyl (C=O) groups excluding carboxylic acids is 1. The van der Waals surface area contributed by atoms with Crippen LogP contribution in [0.25, 0.3) is 0 Å². The van der Waals surface area contributed by atoms with Gasteiger partial charge in [0.05, 0.1) is 5.92 Å². The third-order valence-corrected chi connectivity index (χ3v) is 4.65. The van der Waals surface area contributed by atoms with Gasteiger partial charge in [0.15, 0.2) is 0 Å². The molecule has 0 aromatic carbocycles. The van der Waals surface area contributed by atoms with Crippen molar-refractivity contribution < 1.29 is 23.1 Å². The van der Waals surface area contributed by atoms with Crippen molar-refractivity contribution in [3.05, 3.63) is 0 Å². The van der Waals surface area contributed by atoms with Crippen LogP contribution in [0.4, 0.5) is 18.0 Å². The lowest BCUT2D eigenvalue weighted by Crippen LogP contribution is -2.54. The Morgan fingerprint density at radius 3 is 2.43 bits per heavy atom. The number of hydrogen-bond acceptors (Lipinski definition) is 2. The van der Waals surface area contributed by atoms with Crippen molar-refractivity contribution in [1.82, 2.24) is 10.2 Å². The molecule has 0 aliphatic carbocycles. The molecule has 1 aliphatic rings. The Bertz CT molecular complexity index is 409. The van der Waals surface area contributed by atoms with Gasteiger partial charge in [-0.15, -0.1) is 0 Å². The monoisotopic (exact) mass is 338 g/mol. The van der Waals surface area contributed by atoms with E-state index in [2.05, 4.69) is 5.32 Å². The fraction of sp³-hybridized carbons (Fsp3) is 0.938. The Kier molecular flexibility index (Phi) is 6.35. The van der Waals surface area contributed by atoms with Crippen LogP contribution in [0.1, 0.15) is 47.0 Å². The number of hydrogen-bond donors (Lipinski definition) is 2. The molecule has 7 heteroatoms. The second kappa shape index (κ2) is 7.28. The van der Waals surface area contributed by atoms with Crippen LogP contribution >= 0.6 is 0 Å². The minimum absolute atomic E-state index is 0.0541. The fourth-order valence-corrected chi connectivity index (χ4v) is 3.09. The van der Waals surface area contributed by atoms with Crippen molar-refractivity contribution in [3.8, 4) is 0 Å². The number of aliphatic hydroxyl groups is 1. The van der Waals surface area contributed by atoms with Gasteiger partial charge in [-0.05, 0) is 30.1 Å². The van der Waals surface area contributed by atoms with Gasteiger partial charge in [0.2, 0.25) is 0 Å². The topological polar surface area (TPSA) is 52.6 Å². The molecule has 1 atom stereocenters. The number of nitrogens with one attached hydrogen (secondary N) is 1. The van der Waals surface area contributed by atoms with Crippen LogP contribution in [0.2, 0.25) is 0 Å². The zero-order valence-corrected chi connectivity index (χ0v) is 14.5. The van der Waals surface area contributed by atoms with Crippen molar-refractivity contribution in [2.75, 3.05) is 26.2 Å². The van der Waals surface area contributed by atoms with E-state index >= 15 is 0 Å². The summed E-state index contributed by atoms with van der Waals surface area (Å²) in [6.07, 6.45) is -2.78. The molecule has 1 rings (SSSR count). The number of likely N-dealkylation sites (tertiary alicyclic amines) is 1. The summed E-state index contributed by atoms with van der Waals surface area (Å²) in [5.74, 6) is -1.37. The van der Waals surface area contributed by atoms with Crippen molar-refractivity contribution in [2.45, 2.75) is 53.1 Å². The maximum Gasteiger partial charge on any atom is 0.392 e. The third-order valence-electron chi connectivity index (χ3n) is 4.65. The fourth-order valence-electron chi connectivity index (χ4n) is 3.09. The molecule has 1 heterocycles. The van der Waals surface area contributed by atoms with Crippen molar-refractivity contribution in [2.24, 2.45) is 16.7 Å². The van der Waals surface area contributed by atoms with Crippen molar-refractivity contribution in [3.63, 3.8) is 0 Å². The summed E-state index contributed by atoms with van der Waals surface area (Å²) >= 11 is 0. The van der Waals surface area contributed by atoms with E-state index in [0.717, 1.165) is 12.8 Å². The Hall–Kier alpha value is -0.980. The molecule has 0 radical (unpaired) electrons. The lowest BCUT2D eigenvalue weighted by molar-refractivity contribution is -0.214. The number of rotatable bonds is 5. The molecule has 1 fully saturated rings. The van der Waals surface area contributed by atoms with E-state index in [9.17, 15) is 18.0 Å². The average Bonchev–Trinajstić information content (AvgIpc) is 2.40. The summed E-state index contributed by atoms with van der Waals surface area (Å²) in [7, 11) is 0. The van der Waals surface area contributed by atoms with Gasteiger partial charge >= 0.3 is 12.2 Å². The average molecular weight is 338 g/mol. The van der Waals surface area contributed by atoms with Gasteiger partial charge in [-0.2, -0.15) is 13.2 Å². The predicted octanol–water partition coefficient (Wildman–Crippen LogP) is 3.41. The molecule has 0 saturated carbocycles. The first-order chi connectivity index (χ1) is 10.4. The van der Waals surface area contributed by atoms with Crippen molar-refractivity contribution >= 4 is 6.03 Å². The second-order valence-corrected chi connectivity index (χ2v) is 7.95. The lowest BCUT2D eigenvalue weighted by Gasteiger charge is -2.44. The Labute approximate surface area is 136 Å². The second-order valence-electron chi connectivity index (χ2n) is 7.95. The highest BCUT2D eigenvalue weighted by molar-refractivity contribution is 5.74. The Balaban J connectivity index is 2.45. The summed E-state index contributed by atoms with van der Waals surface area (Å²) in [6, 6.07) is -0.305. The minimum atomic E-state index is -4.22.